The molecule has 1 heterocycles. The molecule has 0 aromatic rings. The van der Waals surface area contributed by atoms with E-state index in [1.54, 1.807) is 6.07 Å². The summed E-state index contributed by atoms with van der Waals surface area (Å²) in [4.78, 5) is 12.9. The first kappa shape index (κ1) is 10.3. The third-order valence-electron chi connectivity index (χ3n) is 1.79. The highest BCUT2D eigenvalue weighted by Gasteiger charge is 2.17. The first-order valence-electron chi connectivity index (χ1n) is 4.27. The fourth-order valence-corrected chi connectivity index (χ4v) is 1.11. The summed E-state index contributed by atoms with van der Waals surface area (Å²) in [6, 6.07) is 1.68. The molecule has 0 saturated carbocycles. The Balaban J connectivity index is 2.41. The fourth-order valence-electron chi connectivity index (χ4n) is 1.11. The highest BCUT2D eigenvalue weighted by atomic mass is 16.6. The van der Waals surface area contributed by atoms with Crippen LogP contribution in [0.15, 0.2) is 12.0 Å². The number of nitrogens with two attached hydrogens (primary N) is 1. The van der Waals surface area contributed by atoms with Crippen molar-refractivity contribution in [3.05, 3.63) is 12.0 Å². The van der Waals surface area contributed by atoms with E-state index in [2.05, 4.69) is 5.32 Å². The van der Waals surface area contributed by atoms with Gasteiger partial charge >= 0.3 is 6.09 Å². The van der Waals surface area contributed by atoms with Crippen molar-refractivity contribution in [3.8, 4) is 6.07 Å². The Morgan fingerprint density at radius 2 is 2.21 bits per heavy atom. The van der Waals surface area contributed by atoms with E-state index in [0.717, 1.165) is 19.2 Å². The minimum atomic E-state index is -0.504. The monoisotopic (exact) mass is 196 g/mol. The number of hydrogen-bond acceptors (Lipinski definition) is 5. The number of amides is 1. The lowest BCUT2D eigenvalue weighted by atomic mass is 10.4. The average molecular weight is 196 g/mol. The summed E-state index contributed by atoms with van der Waals surface area (Å²) in [6.45, 7) is 2.69. The molecular weight excluding hydrogens is 184 g/mol. The summed E-state index contributed by atoms with van der Waals surface area (Å²) in [5, 5.41) is 11.3. The van der Waals surface area contributed by atoms with Crippen molar-refractivity contribution in [3.63, 3.8) is 0 Å². The van der Waals surface area contributed by atoms with Crippen molar-refractivity contribution < 1.29 is 9.53 Å². The van der Waals surface area contributed by atoms with Crippen LogP contribution >= 0.6 is 0 Å². The van der Waals surface area contributed by atoms with Gasteiger partial charge in [0, 0.05) is 26.2 Å². The molecule has 6 nitrogen and oxygen atoms in total. The van der Waals surface area contributed by atoms with Crippen molar-refractivity contribution in [1.29, 1.82) is 5.26 Å². The molecule has 1 aliphatic rings. The van der Waals surface area contributed by atoms with Gasteiger partial charge in [-0.2, -0.15) is 5.26 Å². The summed E-state index contributed by atoms with van der Waals surface area (Å²) in [6.07, 6.45) is 0.482. The molecule has 1 aliphatic heterocycles. The Hall–Kier alpha value is -1.74. The maximum atomic E-state index is 11.3. The number of piperazine rings is 1. The second kappa shape index (κ2) is 5.09. The van der Waals surface area contributed by atoms with Crippen molar-refractivity contribution in [2.75, 3.05) is 26.2 Å². The third kappa shape index (κ3) is 2.95. The Morgan fingerprint density at radius 1 is 1.57 bits per heavy atom. The number of ether oxygens (including phenoxy) is 1. The molecule has 6 heteroatoms. The SMILES string of the molecule is N#C/C=C(\N)OC(=O)N1CCNCC1. The van der Waals surface area contributed by atoms with Crippen LogP contribution in [0.5, 0.6) is 0 Å². The first-order valence-corrected chi connectivity index (χ1v) is 4.27. The predicted octanol–water partition coefficient (Wildman–Crippen LogP) is -0.648. The van der Waals surface area contributed by atoms with Crippen molar-refractivity contribution in [2.45, 2.75) is 0 Å². The van der Waals surface area contributed by atoms with Gasteiger partial charge in [-0.05, 0) is 0 Å². The summed E-state index contributed by atoms with van der Waals surface area (Å²) >= 11 is 0. The van der Waals surface area contributed by atoms with Crippen LogP contribution in [0, 0.1) is 11.3 Å². The maximum Gasteiger partial charge on any atom is 0.416 e. The number of allylic oxidation sites excluding steroid dienone is 1. The van der Waals surface area contributed by atoms with Crippen LogP contribution in [-0.4, -0.2) is 37.2 Å². The molecule has 0 aromatic heterocycles. The van der Waals surface area contributed by atoms with Gasteiger partial charge in [-0.3, -0.25) is 0 Å². The average Bonchev–Trinajstić information content (AvgIpc) is 2.19. The van der Waals surface area contributed by atoms with Crippen LogP contribution in [0.25, 0.3) is 0 Å². The topological polar surface area (TPSA) is 91.4 Å². The zero-order valence-electron chi connectivity index (χ0n) is 7.69. The van der Waals surface area contributed by atoms with E-state index < -0.39 is 6.09 Å². The summed E-state index contributed by atoms with van der Waals surface area (Å²) in [5.41, 5.74) is 5.25. The normalized spacial score (nSPS) is 17.4. The third-order valence-corrected chi connectivity index (χ3v) is 1.79. The second-order valence-electron chi connectivity index (χ2n) is 2.78. The van der Waals surface area contributed by atoms with Crippen molar-refractivity contribution in [2.24, 2.45) is 5.73 Å². The van der Waals surface area contributed by atoms with E-state index in [1.807, 2.05) is 0 Å². The van der Waals surface area contributed by atoms with Gasteiger partial charge in [-0.1, -0.05) is 0 Å². The molecule has 0 aromatic carbocycles. The maximum absolute atomic E-state index is 11.3. The summed E-state index contributed by atoms with van der Waals surface area (Å²) < 4.78 is 4.71. The van der Waals surface area contributed by atoms with Gasteiger partial charge in [0.15, 0.2) is 0 Å². The molecule has 0 bridgehead atoms. The van der Waals surface area contributed by atoms with E-state index in [9.17, 15) is 4.79 Å². The summed E-state index contributed by atoms with van der Waals surface area (Å²) in [5.74, 6) is -0.170. The van der Waals surface area contributed by atoms with Crippen LogP contribution in [-0.2, 0) is 4.74 Å². The fraction of sp³-hybridized carbons (Fsp3) is 0.500. The lowest BCUT2D eigenvalue weighted by molar-refractivity contribution is 0.122. The van der Waals surface area contributed by atoms with Crippen LogP contribution in [0.4, 0.5) is 4.79 Å². The quantitative estimate of drug-likeness (QED) is 0.429. The van der Waals surface area contributed by atoms with Crippen LogP contribution in [0.2, 0.25) is 0 Å². The minimum absolute atomic E-state index is 0.170. The minimum Gasteiger partial charge on any atom is -0.393 e. The number of nitrogens with zero attached hydrogens (tertiary/aromatic N) is 2. The van der Waals surface area contributed by atoms with Gasteiger partial charge in [-0.25, -0.2) is 4.79 Å². The van der Waals surface area contributed by atoms with E-state index in [-0.39, 0.29) is 5.88 Å². The second-order valence-corrected chi connectivity index (χ2v) is 2.78. The molecule has 1 amide bonds. The van der Waals surface area contributed by atoms with Gasteiger partial charge in [0.2, 0.25) is 5.88 Å². The zero-order chi connectivity index (χ0) is 10.4. The Labute approximate surface area is 81.9 Å². The molecular formula is C8H12N4O2. The molecule has 0 spiro atoms. The molecule has 14 heavy (non-hydrogen) atoms. The molecule has 1 saturated heterocycles. The molecule has 1 fully saturated rings. The van der Waals surface area contributed by atoms with E-state index in [1.165, 1.54) is 4.90 Å². The van der Waals surface area contributed by atoms with Crippen LogP contribution < -0.4 is 11.1 Å². The highest BCUT2D eigenvalue weighted by molar-refractivity contribution is 5.68. The largest absolute Gasteiger partial charge is 0.416 e. The molecule has 3 N–H and O–H groups in total. The predicted molar refractivity (Wildman–Crippen MR) is 48.8 cm³/mol. The molecule has 0 unspecified atom stereocenters. The smallest absolute Gasteiger partial charge is 0.393 e. The van der Waals surface area contributed by atoms with Gasteiger partial charge in [0.05, 0.1) is 12.1 Å². The highest BCUT2D eigenvalue weighted by Crippen LogP contribution is 1.99. The zero-order valence-corrected chi connectivity index (χ0v) is 7.69. The van der Waals surface area contributed by atoms with Crippen molar-refractivity contribution in [1.82, 2.24) is 10.2 Å². The molecule has 0 radical (unpaired) electrons. The van der Waals surface area contributed by atoms with Crippen LogP contribution in [0.1, 0.15) is 0 Å². The number of rotatable bonds is 1. The number of hydrogen-bond donors (Lipinski definition) is 2. The molecule has 0 atom stereocenters. The van der Waals surface area contributed by atoms with Gasteiger partial charge in [-0.15, -0.1) is 0 Å². The Morgan fingerprint density at radius 3 is 2.79 bits per heavy atom. The Bertz CT molecular complexity index is 276. The first-order chi connectivity index (χ1) is 6.74. The van der Waals surface area contributed by atoms with E-state index in [4.69, 9.17) is 15.7 Å². The standard InChI is InChI=1S/C8H12N4O2/c9-2-1-7(10)14-8(13)12-5-3-11-4-6-12/h1,11H,3-6,10H2/b7-1+. The number of nitriles is 1. The van der Waals surface area contributed by atoms with Crippen molar-refractivity contribution >= 4 is 6.09 Å². The van der Waals surface area contributed by atoms with E-state index in [0.29, 0.717) is 13.1 Å². The Kier molecular flexibility index (Phi) is 3.76. The van der Waals surface area contributed by atoms with E-state index >= 15 is 0 Å². The van der Waals surface area contributed by atoms with Gasteiger partial charge < -0.3 is 20.7 Å². The lowest BCUT2D eigenvalue weighted by Gasteiger charge is -2.26. The van der Waals surface area contributed by atoms with Gasteiger partial charge in [0.25, 0.3) is 0 Å². The summed E-state index contributed by atoms with van der Waals surface area (Å²) in [7, 11) is 0. The molecule has 0 aliphatic carbocycles. The number of carbonyl (C=O) groups is 1. The molecule has 1 rings (SSSR count). The number of nitrogens with one attached hydrogen (secondary N) is 1. The van der Waals surface area contributed by atoms with Gasteiger partial charge in [0.1, 0.15) is 0 Å². The number of carbonyl (C=O) groups excluding carboxylic acids is 1. The lowest BCUT2D eigenvalue weighted by Crippen LogP contribution is -2.46. The molecule has 76 valence electrons. The van der Waals surface area contributed by atoms with Crippen LogP contribution in [0.3, 0.4) is 0 Å².